The lowest BCUT2D eigenvalue weighted by atomic mass is 10.7. The van der Waals surface area contributed by atoms with E-state index in [9.17, 15) is 9.13 Å². The van der Waals surface area contributed by atoms with Crippen LogP contribution in [0.4, 0.5) is 0 Å². The molecule has 0 fully saturated rings. The molecule has 2 aromatic rings. The van der Waals surface area contributed by atoms with Crippen LogP contribution in [0.1, 0.15) is 13.8 Å². The smallest absolute Gasteiger partial charge is 0.243 e. The maximum Gasteiger partial charge on any atom is 0.243 e. The third-order valence-corrected chi connectivity index (χ3v) is 3.15. The summed E-state index contributed by atoms with van der Waals surface area (Å²) in [5.41, 5.74) is 0. The van der Waals surface area contributed by atoms with E-state index in [1.807, 2.05) is 42.5 Å². The van der Waals surface area contributed by atoms with Gasteiger partial charge in [-0.3, -0.25) is 9.13 Å². The molecule has 0 bridgehead atoms. The summed E-state index contributed by atoms with van der Waals surface area (Å²) in [4.78, 5) is 11.9. The Kier molecular flexibility index (Phi) is 14.5. The van der Waals surface area contributed by atoms with Gasteiger partial charge in [-0.2, -0.15) is 0 Å². The molecule has 0 amide bonds. The van der Waals surface area contributed by atoms with Gasteiger partial charge in [-0.25, -0.2) is 14.1 Å². The van der Waals surface area contributed by atoms with Gasteiger partial charge >= 0.3 is 0 Å². The summed E-state index contributed by atoms with van der Waals surface area (Å²) in [6, 6.07) is 0. The fraction of sp³-hybridized carbons (Fsp3) is 0.625. The number of aromatic nitrogens is 4. The SMILES string of the molecule is CCOP(C)(C)=O.CCn1cc[n+](C)c1.CP(C)(=O)O.Cn1ccnc1. The zero-order valence-corrected chi connectivity index (χ0v) is 19.0. The van der Waals surface area contributed by atoms with Gasteiger partial charge in [0, 0.05) is 46.1 Å². The number of aryl methyl sites for hydroxylation is 3. The highest BCUT2D eigenvalue weighted by Gasteiger charge is 2.02. The van der Waals surface area contributed by atoms with Gasteiger partial charge < -0.3 is 14.0 Å². The third kappa shape index (κ3) is 25.0. The molecule has 2 aromatic heterocycles. The van der Waals surface area contributed by atoms with Crippen molar-refractivity contribution in [3.63, 3.8) is 0 Å². The molecule has 2 rings (SSSR count). The van der Waals surface area contributed by atoms with Crippen molar-refractivity contribution in [3.8, 4) is 0 Å². The molecule has 26 heavy (non-hydrogen) atoms. The number of hydrogen-bond acceptors (Lipinski definition) is 4. The topological polar surface area (TPSA) is 90.2 Å². The summed E-state index contributed by atoms with van der Waals surface area (Å²) in [5, 5.41) is 0. The molecule has 8 nitrogen and oxygen atoms in total. The lowest BCUT2D eigenvalue weighted by Crippen LogP contribution is -2.23. The molecule has 0 atom stereocenters. The maximum absolute atomic E-state index is 10.6. The second-order valence-electron chi connectivity index (χ2n) is 6.10. The van der Waals surface area contributed by atoms with E-state index in [-0.39, 0.29) is 0 Å². The Morgan fingerprint density at radius 1 is 1.15 bits per heavy atom. The van der Waals surface area contributed by atoms with Crippen molar-refractivity contribution < 1.29 is 23.1 Å². The fourth-order valence-electron chi connectivity index (χ4n) is 1.33. The Balaban J connectivity index is 0. The molecule has 10 heteroatoms. The van der Waals surface area contributed by atoms with Crippen molar-refractivity contribution >= 4 is 14.7 Å². The van der Waals surface area contributed by atoms with E-state index in [2.05, 4.69) is 29.0 Å². The van der Waals surface area contributed by atoms with Crippen LogP contribution in [0.25, 0.3) is 0 Å². The summed E-state index contributed by atoms with van der Waals surface area (Å²) in [6.45, 7) is 11.4. The summed E-state index contributed by atoms with van der Waals surface area (Å²) in [7, 11) is -0.847. The quantitative estimate of drug-likeness (QED) is 0.622. The van der Waals surface area contributed by atoms with E-state index >= 15 is 0 Å². The second kappa shape index (κ2) is 13.9. The zero-order chi connectivity index (χ0) is 20.8. The van der Waals surface area contributed by atoms with Crippen LogP contribution in [-0.2, 0) is 34.3 Å². The Morgan fingerprint density at radius 3 is 1.81 bits per heavy atom. The van der Waals surface area contributed by atoms with E-state index in [4.69, 9.17) is 9.42 Å². The van der Waals surface area contributed by atoms with Crippen molar-refractivity contribution in [2.75, 3.05) is 33.3 Å². The molecule has 0 aliphatic rings. The van der Waals surface area contributed by atoms with Gasteiger partial charge in [-0.05, 0) is 13.8 Å². The first-order chi connectivity index (χ1) is 11.8. The van der Waals surface area contributed by atoms with Crippen LogP contribution < -0.4 is 4.57 Å². The molecule has 2 heterocycles. The highest BCUT2D eigenvalue weighted by Crippen LogP contribution is 2.36. The first-order valence-electron chi connectivity index (χ1n) is 8.18. The van der Waals surface area contributed by atoms with Gasteiger partial charge in [0.05, 0.1) is 26.5 Å². The molecule has 0 aliphatic carbocycles. The van der Waals surface area contributed by atoms with Crippen LogP contribution in [0.5, 0.6) is 0 Å². The lowest BCUT2D eigenvalue weighted by Gasteiger charge is -2.02. The van der Waals surface area contributed by atoms with Crippen molar-refractivity contribution in [2.45, 2.75) is 20.4 Å². The average Bonchev–Trinajstić information content (AvgIpc) is 3.08. The molecule has 0 aromatic carbocycles. The molecule has 0 aliphatic heterocycles. The van der Waals surface area contributed by atoms with Crippen LogP contribution in [0, 0.1) is 0 Å². The van der Waals surface area contributed by atoms with Gasteiger partial charge in [0.1, 0.15) is 12.4 Å². The minimum atomic E-state index is -2.64. The number of hydrogen-bond donors (Lipinski definition) is 1. The van der Waals surface area contributed by atoms with E-state index in [0.29, 0.717) is 6.61 Å². The highest BCUT2D eigenvalue weighted by molar-refractivity contribution is 7.57. The van der Waals surface area contributed by atoms with Crippen molar-refractivity contribution in [1.82, 2.24) is 14.1 Å². The summed E-state index contributed by atoms with van der Waals surface area (Å²) in [5.74, 6) is 0. The number of nitrogens with zero attached hydrogens (tertiary/aromatic N) is 4. The molecule has 0 saturated carbocycles. The molecule has 0 saturated heterocycles. The van der Waals surface area contributed by atoms with Crippen LogP contribution in [0.15, 0.2) is 37.4 Å². The van der Waals surface area contributed by atoms with Gasteiger partial charge in [-0.15, -0.1) is 0 Å². The Bertz CT molecular complexity index is 651. The molecule has 0 unspecified atom stereocenters. The van der Waals surface area contributed by atoms with Crippen LogP contribution >= 0.6 is 14.7 Å². The lowest BCUT2D eigenvalue weighted by molar-refractivity contribution is -0.671. The van der Waals surface area contributed by atoms with Gasteiger partial charge in [-0.1, -0.05) is 0 Å². The largest absolute Gasteiger partial charge is 0.345 e. The Hall–Kier alpha value is -1.20. The van der Waals surface area contributed by atoms with Crippen LogP contribution in [0.2, 0.25) is 0 Å². The predicted molar refractivity (Wildman–Crippen MR) is 107 cm³/mol. The molecule has 0 radical (unpaired) electrons. The summed E-state index contributed by atoms with van der Waals surface area (Å²) in [6.07, 6.45) is 11.5. The van der Waals surface area contributed by atoms with Crippen LogP contribution in [0.3, 0.4) is 0 Å². The first-order valence-corrected chi connectivity index (χ1v) is 13.3. The van der Waals surface area contributed by atoms with Crippen LogP contribution in [-0.4, -0.2) is 52.3 Å². The molecule has 152 valence electrons. The normalized spacial score (nSPS) is 10.5. The standard InChI is InChI=1S/C6H11N2.C4H6N2.C4H11O2P.C2H7O2P/c1-3-8-5-4-7(2)6-8;1-6-3-2-5-4-6;1-4-6-7(2,3)5;1-5(2,3)4/h4-6H,3H2,1-2H3;2-4H,1H3;4H2,1-3H3;1-2H3,(H,3,4)/q+1;;;. The highest BCUT2D eigenvalue weighted by atomic mass is 31.2. The number of imidazole rings is 2. The van der Waals surface area contributed by atoms with E-state index in [0.717, 1.165) is 6.54 Å². The molecular formula is C16H35N4O4P2+. The minimum absolute atomic E-state index is 0.546. The Labute approximate surface area is 157 Å². The predicted octanol–water partition coefficient (Wildman–Crippen LogP) is 2.83. The van der Waals surface area contributed by atoms with Crippen molar-refractivity contribution in [3.05, 3.63) is 37.4 Å². The monoisotopic (exact) mass is 409 g/mol. The van der Waals surface area contributed by atoms with E-state index in [1.54, 1.807) is 25.9 Å². The minimum Gasteiger partial charge on any atom is -0.345 e. The van der Waals surface area contributed by atoms with Gasteiger partial charge in [0.15, 0.2) is 14.7 Å². The average molecular weight is 409 g/mol. The van der Waals surface area contributed by atoms with Gasteiger partial charge in [0.25, 0.3) is 0 Å². The maximum atomic E-state index is 10.6. The second-order valence-corrected chi connectivity index (χ2v) is 11.5. The molecule has 0 spiro atoms. The molecular weight excluding hydrogens is 374 g/mol. The van der Waals surface area contributed by atoms with Gasteiger partial charge in [0.2, 0.25) is 6.33 Å². The summed E-state index contributed by atoms with van der Waals surface area (Å²) >= 11 is 0. The number of rotatable bonds is 3. The van der Waals surface area contributed by atoms with Crippen molar-refractivity contribution in [1.29, 1.82) is 0 Å². The van der Waals surface area contributed by atoms with Crippen molar-refractivity contribution in [2.24, 2.45) is 14.1 Å². The van der Waals surface area contributed by atoms with E-state index < -0.39 is 14.7 Å². The molecule has 1 N–H and O–H groups in total. The zero-order valence-electron chi connectivity index (χ0n) is 17.2. The van der Waals surface area contributed by atoms with E-state index in [1.165, 1.54) is 13.3 Å². The Morgan fingerprint density at radius 2 is 1.69 bits per heavy atom. The summed E-state index contributed by atoms with van der Waals surface area (Å²) < 4.78 is 31.2. The third-order valence-electron chi connectivity index (χ3n) is 2.27. The first kappa shape index (κ1) is 27.0. The fourth-order valence-corrected chi connectivity index (χ4v) is 1.95.